The summed E-state index contributed by atoms with van der Waals surface area (Å²) >= 11 is 0. The molecule has 0 saturated heterocycles. The topological polar surface area (TPSA) is 63.0 Å². The standard InChI is InChI=1S/C9H16N4O/c1-7(14)4-10-8-2-3-9-11-6-12-13(9)5-8/h6-8,10,14H,2-5H2,1H3. The molecule has 0 fully saturated rings. The molecule has 2 rings (SSSR count). The Morgan fingerprint density at radius 2 is 2.64 bits per heavy atom. The second-order valence-electron chi connectivity index (χ2n) is 3.85. The van der Waals surface area contributed by atoms with E-state index >= 15 is 0 Å². The Hall–Kier alpha value is -0.940. The molecule has 0 aromatic carbocycles. The van der Waals surface area contributed by atoms with Gasteiger partial charge in [-0.3, -0.25) is 0 Å². The molecule has 78 valence electrons. The first-order valence-electron chi connectivity index (χ1n) is 5.04. The van der Waals surface area contributed by atoms with Crippen LogP contribution < -0.4 is 5.32 Å². The monoisotopic (exact) mass is 196 g/mol. The van der Waals surface area contributed by atoms with Gasteiger partial charge >= 0.3 is 0 Å². The molecule has 14 heavy (non-hydrogen) atoms. The molecule has 0 aliphatic carbocycles. The summed E-state index contributed by atoms with van der Waals surface area (Å²) in [6, 6.07) is 0.416. The molecule has 0 amide bonds. The van der Waals surface area contributed by atoms with Gasteiger partial charge in [-0.25, -0.2) is 9.67 Å². The van der Waals surface area contributed by atoms with E-state index in [2.05, 4.69) is 15.4 Å². The number of aliphatic hydroxyl groups is 1. The van der Waals surface area contributed by atoms with Crippen molar-refractivity contribution in [2.24, 2.45) is 0 Å². The van der Waals surface area contributed by atoms with Gasteiger partial charge in [0.2, 0.25) is 0 Å². The Morgan fingerprint density at radius 1 is 1.79 bits per heavy atom. The Bertz CT molecular complexity index is 297. The molecule has 5 heteroatoms. The summed E-state index contributed by atoms with van der Waals surface area (Å²) in [4.78, 5) is 4.16. The summed E-state index contributed by atoms with van der Waals surface area (Å²) in [6.45, 7) is 3.30. The first kappa shape index (κ1) is 9.61. The molecule has 2 N–H and O–H groups in total. The fourth-order valence-electron chi connectivity index (χ4n) is 1.74. The lowest BCUT2D eigenvalue weighted by Gasteiger charge is -2.24. The highest BCUT2D eigenvalue weighted by Crippen LogP contribution is 2.10. The van der Waals surface area contributed by atoms with Crippen LogP contribution in [-0.2, 0) is 13.0 Å². The molecule has 0 bridgehead atoms. The van der Waals surface area contributed by atoms with Crippen molar-refractivity contribution < 1.29 is 5.11 Å². The van der Waals surface area contributed by atoms with Crippen molar-refractivity contribution in [1.82, 2.24) is 20.1 Å². The summed E-state index contributed by atoms with van der Waals surface area (Å²) in [5.74, 6) is 1.07. The number of rotatable bonds is 3. The van der Waals surface area contributed by atoms with Crippen LogP contribution in [0.25, 0.3) is 0 Å². The Morgan fingerprint density at radius 3 is 3.43 bits per heavy atom. The number of fused-ring (bicyclic) bond motifs is 1. The van der Waals surface area contributed by atoms with Gasteiger partial charge in [-0.2, -0.15) is 5.10 Å². The van der Waals surface area contributed by atoms with Crippen molar-refractivity contribution in [2.45, 2.75) is 38.5 Å². The molecule has 1 aromatic rings. The number of aryl methyl sites for hydroxylation is 1. The lowest BCUT2D eigenvalue weighted by Crippen LogP contribution is -2.40. The van der Waals surface area contributed by atoms with Gasteiger partial charge < -0.3 is 10.4 Å². The SMILES string of the molecule is CC(O)CNC1CCc2ncnn2C1. The summed E-state index contributed by atoms with van der Waals surface area (Å²) in [6.07, 6.45) is 3.36. The summed E-state index contributed by atoms with van der Waals surface area (Å²) in [5, 5.41) is 16.6. The first-order chi connectivity index (χ1) is 6.75. The van der Waals surface area contributed by atoms with E-state index in [1.54, 1.807) is 13.3 Å². The van der Waals surface area contributed by atoms with Crippen LogP contribution >= 0.6 is 0 Å². The average molecular weight is 196 g/mol. The van der Waals surface area contributed by atoms with Gasteiger partial charge in [-0.05, 0) is 13.3 Å². The maximum absolute atomic E-state index is 9.14. The molecule has 2 atom stereocenters. The van der Waals surface area contributed by atoms with E-state index in [0.29, 0.717) is 12.6 Å². The maximum atomic E-state index is 9.14. The van der Waals surface area contributed by atoms with E-state index in [0.717, 1.165) is 25.2 Å². The van der Waals surface area contributed by atoms with Gasteiger partial charge in [0, 0.05) is 19.0 Å². The normalized spacial score (nSPS) is 23.1. The predicted molar refractivity (Wildman–Crippen MR) is 51.8 cm³/mol. The van der Waals surface area contributed by atoms with Crippen LogP contribution in [0.3, 0.4) is 0 Å². The predicted octanol–water partition coefficient (Wildman–Crippen LogP) is -0.437. The Labute approximate surface area is 83.2 Å². The third-order valence-corrected chi connectivity index (χ3v) is 2.51. The van der Waals surface area contributed by atoms with Gasteiger partial charge in [-0.1, -0.05) is 0 Å². The quantitative estimate of drug-likeness (QED) is 0.688. The van der Waals surface area contributed by atoms with Crippen LogP contribution in [-0.4, -0.2) is 38.6 Å². The lowest BCUT2D eigenvalue weighted by molar-refractivity contribution is 0.180. The molecule has 1 aliphatic heterocycles. The van der Waals surface area contributed by atoms with E-state index in [9.17, 15) is 0 Å². The lowest BCUT2D eigenvalue weighted by atomic mass is 10.1. The molecule has 2 unspecified atom stereocenters. The van der Waals surface area contributed by atoms with Crippen molar-refractivity contribution in [3.05, 3.63) is 12.2 Å². The molecule has 0 radical (unpaired) electrons. The minimum atomic E-state index is -0.285. The highest BCUT2D eigenvalue weighted by molar-refractivity contribution is 4.92. The fourth-order valence-corrected chi connectivity index (χ4v) is 1.74. The Balaban J connectivity index is 1.88. The maximum Gasteiger partial charge on any atom is 0.138 e. The second kappa shape index (κ2) is 4.06. The van der Waals surface area contributed by atoms with Crippen molar-refractivity contribution in [2.75, 3.05) is 6.54 Å². The molecular weight excluding hydrogens is 180 g/mol. The zero-order valence-electron chi connectivity index (χ0n) is 8.35. The summed E-state index contributed by atoms with van der Waals surface area (Å²) in [7, 11) is 0. The van der Waals surface area contributed by atoms with Crippen molar-refractivity contribution >= 4 is 0 Å². The molecule has 1 aromatic heterocycles. The third-order valence-electron chi connectivity index (χ3n) is 2.51. The zero-order chi connectivity index (χ0) is 9.97. The Kier molecular flexibility index (Phi) is 2.79. The van der Waals surface area contributed by atoms with Gasteiger partial charge in [-0.15, -0.1) is 0 Å². The van der Waals surface area contributed by atoms with E-state index < -0.39 is 0 Å². The number of hydrogen-bond donors (Lipinski definition) is 2. The highest BCUT2D eigenvalue weighted by Gasteiger charge is 2.19. The van der Waals surface area contributed by atoms with Crippen LogP contribution in [0.1, 0.15) is 19.2 Å². The van der Waals surface area contributed by atoms with Crippen LogP contribution in [0.2, 0.25) is 0 Å². The number of nitrogens with zero attached hydrogens (tertiary/aromatic N) is 3. The van der Waals surface area contributed by atoms with Crippen molar-refractivity contribution in [3.8, 4) is 0 Å². The van der Waals surface area contributed by atoms with E-state index in [1.165, 1.54) is 0 Å². The van der Waals surface area contributed by atoms with Gasteiger partial charge in [0.1, 0.15) is 12.2 Å². The molecular formula is C9H16N4O. The van der Waals surface area contributed by atoms with Crippen LogP contribution in [0.4, 0.5) is 0 Å². The van der Waals surface area contributed by atoms with Gasteiger partial charge in [0.05, 0.1) is 12.6 Å². The van der Waals surface area contributed by atoms with Crippen molar-refractivity contribution in [1.29, 1.82) is 0 Å². The second-order valence-corrected chi connectivity index (χ2v) is 3.85. The van der Waals surface area contributed by atoms with Crippen LogP contribution in [0.15, 0.2) is 6.33 Å². The third kappa shape index (κ3) is 2.10. The number of aromatic nitrogens is 3. The molecule has 5 nitrogen and oxygen atoms in total. The van der Waals surface area contributed by atoms with E-state index in [-0.39, 0.29) is 6.10 Å². The minimum absolute atomic E-state index is 0.285. The van der Waals surface area contributed by atoms with Gasteiger partial charge in [0.15, 0.2) is 0 Å². The number of hydrogen-bond acceptors (Lipinski definition) is 4. The fraction of sp³-hybridized carbons (Fsp3) is 0.778. The summed E-state index contributed by atoms with van der Waals surface area (Å²) in [5.41, 5.74) is 0. The van der Waals surface area contributed by atoms with E-state index in [1.807, 2.05) is 4.68 Å². The summed E-state index contributed by atoms with van der Waals surface area (Å²) < 4.78 is 1.93. The minimum Gasteiger partial charge on any atom is -0.392 e. The smallest absolute Gasteiger partial charge is 0.138 e. The van der Waals surface area contributed by atoms with Gasteiger partial charge in [0.25, 0.3) is 0 Å². The van der Waals surface area contributed by atoms with Crippen LogP contribution in [0.5, 0.6) is 0 Å². The number of nitrogens with one attached hydrogen (secondary N) is 1. The zero-order valence-corrected chi connectivity index (χ0v) is 8.35. The van der Waals surface area contributed by atoms with E-state index in [4.69, 9.17) is 5.11 Å². The molecule has 1 aliphatic rings. The van der Waals surface area contributed by atoms with Crippen LogP contribution in [0, 0.1) is 0 Å². The molecule has 0 saturated carbocycles. The average Bonchev–Trinajstić information content (AvgIpc) is 2.61. The molecule has 0 spiro atoms. The number of aliphatic hydroxyl groups excluding tert-OH is 1. The largest absolute Gasteiger partial charge is 0.392 e. The first-order valence-corrected chi connectivity index (χ1v) is 5.04. The van der Waals surface area contributed by atoms with Crippen molar-refractivity contribution in [3.63, 3.8) is 0 Å². The molecule has 2 heterocycles. The highest BCUT2D eigenvalue weighted by atomic mass is 16.3.